The highest BCUT2D eigenvalue weighted by Gasteiger charge is 2.34. The molecule has 1 saturated heterocycles. The molecule has 0 aliphatic carbocycles. The molecule has 1 N–H and O–H groups in total. The largest absolute Gasteiger partial charge is 0.327 e. The molecular weight excluding hydrogens is 300 g/mol. The van der Waals surface area contributed by atoms with Gasteiger partial charge in [0.25, 0.3) is 5.91 Å². The molecule has 0 aromatic heterocycles. The highest BCUT2D eigenvalue weighted by atomic mass is 16.2. The monoisotopic (exact) mass is 322 g/mol. The van der Waals surface area contributed by atoms with E-state index >= 15 is 0 Å². The highest BCUT2D eigenvalue weighted by Crippen LogP contribution is 2.22. The number of benzene rings is 2. The number of anilines is 1. The minimum atomic E-state index is -0.404. The third-order valence-corrected chi connectivity index (χ3v) is 4.33. The molecule has 0 saturated carbocycles. The Balaban J connectivity index is 1.75. The van der Waals surface area contributed by atoms with E-state index in [2.05, 4.69) is 11.4 Å². The molecule has 2 aromatic carbocycles. The molecule has 1 atom stereocenters. The van der Waals surface area contributed by atoms with Crippen LogP contribution >= 0.6 is 0 Å². The number of amides is 2. The second-order valence-corrected chi connectivity index (χ2v) is 6.39. The molecule has 24 heavy (non-hydrogen) atoms. The fourth-order valence-electron chi connectivity index (χ4n) is 3.30. The Morgan fingerprint density at radius 2 is 1.71 bits per heavy atom. The summed E-state index contributed by atoms with van der Waals surface area (Å²) in [4.78, 5) is 27.0. The first-order valence-corrected chi connectivity index (χ1v) is 8.30. The van der Waals surface area contributed by atoms with Gasteiger partial charge >= 0.3 is 0 Å². The first-order valence-electron chi connectivity index (χ1n) is 8.30. The molecular formula is C20H22N2O2. The van der Waals surface area contributed by atoms with Crippen LogP contribution < -0.4 is 5.32 Å². The fourth-order valence-corrected chi connectivity index (χ4v) is 3.30. The van der Waals surface area contributed by atoms with E-state index in [1.165, 1.54) is 0 Å². The smallest absolute Gasteiger partial charge is 0.254 e. The van der Waals surface area contributed by atoms with Gasteiger partial charge in [0, 0.05) is 17.8 Å². The average molecular weight is 322 g/mol. The number of carbonyl (C=O) groups excluding carboxylic acids is 2. The molecule has 3 rings (SSSR count). The van der Waals surface area contributed by atoms with Crippen LogP contribution in [0.4, 0.5) is 5.69 Å². The van der Waals surface area contributed by atoms with Crippen LogP contribution in [-0.4, -0.2) is 29.3 Å². The van der Waals surface area contributed by atoms with E-state index in [4.69, 9.17) is 0 Å². The van der Waals surface area contributed by atoms with Gasteiger partial charge in [-0.1, -0.05) is 24.3 Å². The molecule has 2 amide bonds. The number of carbonyl (C=O) groups is 2. The van der Waals surface area contributed by atoms with Crippen molar-refractivity contribution in [3.05, 3.63) is 65.2 Å². The van der Waals surface area contributed by atoms with E-state index < -0.39 is 6.04 Å². The Morgan fingerprint density at radius 1 is 1.04 bits per heavy atom. The normalized spacial score (nSPS) is 16.9. The molecule has 124 valence electrons. The summed E-state index contributed by atoms with van der Waals surface area (Å²) in [5.41, 5.74) is 3.63. The van der Waals surface area contributed by atoms with Gasteiger partial charge in [0.15, 0.2) is 0 Å². The van der Waals surface area contributed by atoms with Crippen molar-refractivity contribution < 1.29 is 9.59 Å². The summed E-state index contributed by atoms with van der Waals surface area (Å²) < 4.78 is 0. The summed E-state index contributed by atoms with van der Waals surface area (Å²) in [5, 5.41) is 2.97. The molecule has 0 bridgehead atoms. The topological polar surface area (TPSA) is 49.4 Å². The van der Waals surface area contributed by atoms with Crippen molar-refractivity contribution in [2.45, 2.75) is 32.7 Å². The molecule has 1 heterocycles. The minimum Gasteiger partial charge on any atom is -0.327 e. The van der Waals surface area contributed by atoms with E-state index in [9.17, 15) is 9.59 Å². The molecule has 1 fully saturated rings. The van der Waals surface area contributed by atoms with E-state index in [1.807, 2.05) is 44.2 Å². The van der Waals surface area contributed by atoms with Crippen LogP contribution in [0, 0.1) is 13.8 Å². The van der Waals surface area contributed by atoms with E-state index in [1.54, 1.807) is 17.0 Å². The third kappa shape index (κ3) is 3.48. The maximum atomic E-state index is 12.7. The van der Waals surface area contributed by atoms with Crippen LogP contribution in [-0.2, 0) is 4.79 Å². The van der Waals surface area contributed by atoms with Crippen molar-refractivity contribution >= 4 is 17.5 Å². The molecule has 0 unspecified atom stereocenters. The van der Waals surface area contributed by atoms with Crippen LogP contribution in [0.15, 0.2) is 48.5 Å². The predicted molar refractivity (Wildman–Crippen MR) is 95.0 cm³/mol. The molecule has 1 aliphatic rings. The van der Waals surface area contributed by atoms with Crippen molar-refractivity contribution in [2.24, 2.45) is 0 Å². The average Bonchev–Trinajstić information content (AvgIpc) is 3.03. The summed E-state index contributed by atoms with van der Waals surface area (Å²) in [6, 6.07) is 14.7. The Hall–Kier alpha value is -2.62. The highest BCUT2D eigenvalue weighted by molar-refractivity contribution is 6.01. The SMILES string of the molecule is Cc1cc(C)cc(NC(=O)[C@H]2CCCN2C(=O)c2ccccc2)c1. The van der Waals surface area contributed by atoms with Crippen LogP contribution in [0.5, 0.6) is 0 Å². The van der Waals surface area contributed by atoms with Gasteiger partial charge in [-0.25, -0.2) is 0 Å². The van der Waals surface area contributed by atoms with Gasteiger partial charge in [0.05, 0.1) is 0 Å². The summed E-state index contributed by atoms with van der Waals surface area (Å²) in [7, 11) is 0. The molecule has 2 aromatic rings. The molecule has 4 nitrogen and oxygen atoms in total. The Labute approximate surface area is 142 Å². The fraction of sp³-hybridized carbons (Fsp3) is 0.300. The molecule has 1 aliphatic heterocycles. The molecule has 0 spiro atoms. The minimum absolute atomic E-state index is 0.0753. The lowest BCUT2D eigenvalue weighted by molar-refractivity contribution is -0.119. The van der Waals surface area contributed by atoms with Crippen molar-refractivity contribution in [3.8, 4) is 0 Å². The number of hydrogen-bond acceptors (Lipinski definition) is 2. The zero-order valence-electron chi connectivity index (χ0n) is 14.1. The van der Waals surface area contributed by atoms with Crippen molar-refractivity contribution in [2.75, 3.05) is 11.9 Å². The predicted octanol–water partition coefficient (Wildman–Crippen LogP) is 3.55. The van der Waals surface area contributed by atoms with Gasteiger partial charge in [-0.15, -0.1) is 0 Å². The van der Waals surface area contributed by atoms with Crippen molar-refractivity contribution in [1.29, 1.82) is 0 Å². The van der Waals surface area contributed by atoms with Crippen LogP contribution in [0.3, 0.4) is 0 Å². The van der Waals surface area contributed by atoms with Gasteiger partial charge in [0.2, 0.25) is 5.91 Å². The van der Waals surface area contributed by atoms with E-state index in [0.29, 0.717) is 18.5 Å². The Kier molecular flexibility index (Phi) is 4.65. The summed E-state index contributed by atoms with van der Waals surface area (Å²) in [6.07, 6.45) is 1.55. The molecule has 0 radical (unpaired) electrons. The number of nitrogens with zero attached hydrogens (tertiary/aromatic N) is 1. The lowest BCUT2D eigenvalue weighted by Crippen LogP contribution is -2.43. The lowest BCUT2D eigenvalue weighted by atomic mass is 10.1. The zero-order chi connectivity index (χ0) is 17.1. The quantitative estimate of drug-likeness (QED) is 0.939. The van der Waals surface area contributed by atoms with Crippen LogP contribution in [0.1, 0.15) is 34.3 Å². The van der Waals surface area contributed by atoms with Crippen molar-refractivity contribution in [3.63, 3.8) is 0 Å². The van der Waals surface area contributed by atoms with Crippen LogP contribution in [0.2, 0.25) is 0 Å². The number of nitrogens with one attached hydrogen (secondary N) is 1. The third-order valence-electron chi connectivity index (χ3n) is 4.33. The first kappa shape index (κ1) is 16.2. The lowest BCUT2D eigenvalue weighted by Gasteiger charge is -2.24. The zero-order valence-corrected chi connectivity index (χ0v) is 14.1. The Bertz CT molecular complexity index is 735. The maximum absolute atomic E-state index is 12.7. The van der Waals surface area contributed by atoms with Gasteiger partial charge in [-0.05, 0) is 62.1 Å². The second kappa shape index (κ2) is 6.87. The standard InChI is InChI=1S/C20H22N2O2/c1-14-11-15(2)13-17(12-14)21-19(23)18-9-6-10-22(18)20(24)16-7-4-3-5-8-16/h3-5,7-8,11-13,18H,6,9-10H2,1-2H3,(H,21,23)/t18-/m1/s1. The van der Waals surface area contributed by atoms with E-state index in [-0.39, 0.29) is 11.8 Å². The first-order chi connectivity index (χ1) is 11.5. The van der Waals surface area contributed by atoms with Gasteiger partial charge in [-0.2, -0.15) is 0 Å². The Morgan fingerprint density at radius 3 is 2.38 bits per heavy atom. The maximum Gasteiger partial charge on any atom is 0.254 e. The van der Waals surface area contributed by atoms with Gasteiger partial charge < -0.3 is 10.2 Å². The number of rotatable bonds is 3. The van der Waals surface area contributed by atoms with Gasteiger partial charge in [-0.3, -0.25) is 9.59 Å². The van der Waals surface area contributed by atoms with Crippen molar-refractivity contribution in [1.82, 2.24) is 4.90 Å². The van der Waals surface area contributed by atoms with Crippen LogP contribution in [0.25, 0.3) is 0 Å². The van der Waals surface area contributed by atoms with E-state index in [0.717, 1.165) is 23.2 Å². The number of hydrogen-bond donors (Lipinski definition) is 1. The second-order valence-electron chi connectivity index (χ2n) is 6.39. The number of likely N-dealkylation sites (tertiary alicyclic amines) is 1. The number of aryl methyl sites for hydroxylation is 2. The summed E-state index contributed by atoms with van der Waals surface area (Å²) >= 11 is 0. The summed E-state index contributed by atoms with van der Waals surface area (Å²) in [5.74, 6) is -0.185. The van der Waals surface area contributed by atoms with Gasteiger partial charge in [0.1, 0.15) is 6.04 Å². The summed E-state index contributed by atoms with van der Waals surface area (Å²) in [6.45, 7) is 4.63. The molecule has 4 heteroatoms.